The zero-order valence-electron chi connectivity index (χ0n) is 13.0. The zero-order chi connectivity index (χ0) is 14.4. The molecule has 2 unspecified atom stereocenters. The van der Waals surface area contributed by atoms with Gasteiger partial charge in [-0.3, -0.25) is 4.90 Å². The lowest BCUT2D eigenvalue weighted by molar-refractivity contribution is -0.0557. The van der Waals surface area contributed by atoms with Crippen molar-refractivity contribution >= 4 is 0 Å². The van der Waals surface area contributed by atoms with Crippen LogP contribution < -0.4 is 5.32 Å². The van der Waals surface area contributed by atoms with Crippen LogP contribution in [0.4, 0.5) is 0 Å². The summed E-state index contributed by atoms with van der Waals surface area (Å²) in [6, 6.07) is 4.90. The van der Waals surface area contributed by atoms with E-state index in [9.17, 15) is 0 Å². The molecule has 0 amide bonds. The second-order valence-electron chi connectivity index (χ2n) is 5.84. The van der Waals surface area contributed by atoms with Gasteiger partial charge in [0.15, 0.2) is 0 Å². The third-order valence-electron chi connectivity index (χ3n) is 3.96. The Balaban J connectivity index is 1.97. The number of rotatable bonds is 7. The molecule has 1 aromatic heterocycles. The molecule has 0 bridgehead atoms. The number of hydrogen-bond acceptors (Lipinski definition) is 4. The molecule has 0 saturated carbocycles. The van der Waals surface area contributed by atoms with Crippen LogP contribution in [0.25, 0.3) is 0 Å². The number of nitrogens with zero attached hydrogens (tertiary/aromatic N) is 1. The molecule has 4 nitrogen and oxygen atoms in total. The number of hydrogen-bond donors (Lipinski definition) is 1. The maximum atomic E-state index is 6.02. The maximum Gasteiger partial charge on any atom is 0.105 e. The Bertz CT molecular complexity index is 365. The monoisotopic (exact) mass is 280 g/mol. The van der Waals surface area contributed by atoms with Crippen LogP contribution in [-0.2, 0) is 11.2 Å². The largest absolute Gasteiger partial charge is 0.469 e. The van der Waals surface area contributed by atoms with Crippen LogP contribution >= 0.6 is 0 Å². The number of nitrogens with one attached hydrogen (secondary N) is 1. The Hall–Kier alpha value is -0.840. The summed E-state index contributed by atoms with van der Waals surface area (Å²) in [7, 11) is 0. The zero-order valence-corrected chi connectivity index (χ0v) is 13.0. The Morgan fingerprint density at radius 2 is 2.30 bits per heavy atom. The lowest BCUT2D eigenvalue weighted by Crippen LogP contribution is -2.54. The van der Waals surface area contributed by atoms with E-state index in [4.69, 9.17) is 9.15 Å². The SMILES string of the molecule is CCCNC(Cc1ccco1)C1CN(C(C)C)CCO1. The first-order valence-electron chi connectivity index (χ1n) is 7.82. The van der Waals surface area contributed by atoms with Crippen LogP contribution in [0, 0.1) is 0 Å². The fraction of sp³-hybridized carbons (Fsp3) is 0.750. The van der Waals surface area contributed by atoms with Crippen molar-refractivity contribution in [1.82, 2.24) is 10.2 Å². The fourth-order valence-electron chi connectivity index (χ4n) is 2.72. The van der Waals surface area contributed by atoms with Crippen molar-refractivity contribution in [3.63, 3.8) is 0 Å². The number of ether oxygens (including phenoxy) is 1. The van der Waals surface area contributed by atoms with Gasteiger partial charge in [-0.1, -0.05) is 6.92 Å². The molecule has 1 aromatic rings. The predicted octanol–water partition coefficient (Wildman–Crippen LogP) is 2.30. The highest BCUT2D eigenvalue weighted by Gasteiger charge is 2.29. The lowest BCUT2D eigenvalue weighted by Gasteiger charge is -2.39. The van der Waals surface area contributed by atoms with Gasteiger partial charge < -0.3 is 14.5 Å². The Morgan fingerprint density at radius 1 is 1.45 bits per heavy atom. The second kappa shape index (κ2) is 7.81. The van der Waals surface area contributed by atoms with Crippen molar-refractivity contribution in [1.29, 1.82) is 0 Å². The van der Waals surface area contributed by atoms with Gasteiger partial charge in [0.25, 0.3) is 0 Å². The minimum absolute atomic E-state index is 0.239. The minimum Gasteiger partial charge on any atom is -0.469 e. The predicted molar refractivity (Wildman–Crippen MR) is 80.9 cm³/mol. The quantitative estimate of drug-likeness (QED) is 0.831. The molecule has 0 aromatic carbocycles. The molecule has 114 valence electrons. The number of furan rings is 1. The van der Waals surface area contributed by atoms with E-state index in [-0.39, 0.29) is 6.10 Å². The molecule has 2 atom stereocenters. The molecule has 0 aliphatic carbocycles. The summed E-state index contributed by atoms with van der Waals surface area (Å²) in [6.07, 6.45) is 4.01. The van der Waals surface area contributed by atoms with E-state index in [2.05, 4.69) is 31.0 Å². The van der Waals surface area contributed by atoms with Crippen LogP contribution in [0.1, 0.15) is 33.0 Å². The summed E-state index contributed by atoms with van der Waals surface area (Å²) >= 11 is 0. The highest BCUT2D eigenvalue weighted by molar-refractivity contribution is 5.02. The van der Waals surface area contributed by atoms with E-state index in [1.165, 1.54) is 0 Å². The van der Waals surface area contributed by atoms with Crippen LogP contribution in [0.15, 0.2) is 22.8 Å². The number of morpholine rings is 1. The summed E-state index contributed by atoms with van der Waals surface area (Å²) in [6.45, 7) is 10.6. The summed E-state index contributed by atoms with van der Waals surface area (Å²) in [4.78, 5) is 2.50. The van der Waals surface area contributed by atoms with E-state index >= 15 is 0 Å². The minimum atomic E-state index is 0.239. The molecule has 0 radical (unpaired) electrons. The van der Waals surface area contributed by atoms with Crippen molar-refractivity contribution < 1.29 is 9.15 Å². The van der Waals surface area contributed by atoms with E-state index < -0.39 is 0 Å². The van der Waals surface area contributed by atoms with Gasteiger partial charge in [-0.2, -0.15) is 0 Å². The average Bonchev–Trinajstić information content (AvgIpc) is 2.96. The van der Waals surface area contributed by atoms with Crippen molar-refractivity contribution in [2.45, 2.75) is 51.8 Å². The molecular formula is C16H28N2O2. The van der Waals surface area contributed by atoms with Crippen molar-refractivity contribution in [2.24, 2.45) is 0 Å². The Kier molecular flexibility index (Phi) is 6.07. The van der Waals surface area contributed by atoms with Gasteiger partial charge in [-0.25, -0.2) is 0 Å². The second-order valence-corrected chi connectivity index (χ2v) is 5.84. The molecule has 1 saturated heterocycles. The molecular weight excluding hydrogens is 252 g/mol. The molecule has 1 aliphatic rings. The highest BCUT2D eigenvalue weighted by atomic mass is 16.5. The van der Waals surface area contributed by atoms with E-state index in [0.717, 1.165) is 44.8 Å². The van der Waals surface area contributed by atoms with Gasteiger partial charge in [0.1, 0.15) is 5.76 Å². The molecule has 20 heavy (non-hydrogen) atoms. The molecule has 1 fully saturated rings. The molecule has 4 heteroatoms. The highest BCUT2D eigenvalue weighted by Crippen LogP contribution is 2.15. The summed E-state index contributed by atoms with van der Waals surface area (Å²) < 4.78 is 11.5. The van der Waals surface area contributed by atoms with E-state index in [0.29, 0.717) is 12.1 Å². The van der Waals surface area contributed by atoms with Gasteiger partial charge in [0, 0.05) is 31.6 Å². The van der Waals surface area contributed by atoms with Crippen molar-refractivity contribution in [3.8, 4) is 0 Å². The maximum absolute atomic E-state index is 6.02. The standard InChI is InChI=1S/C16H28N2O2/c1-4-7-17-15(11-14-6-5-9-19-14)16-12-18(13(2)3)8-10-20-16/h5-6,9,13,15-17H,4,7-8,10-12H2,1-3H3. The topological polar surface area (TPSA) is 37.6 Å². The first-order chi connectivity index (χ1) is 9.70. The third-order valence-corrected chi connectivity index (χ3v) is 3.96. The summed E-state index contributed by atoms with van der Waals surface area (Å²) in [5.41, 5.74) is 0. The van der Waals surface area contributed by atoms with Crippen molar-refractivity contribution in [2.75, 3.05) is 26.2 Å². The fourth-order valence-corrected chi connectivity index (χ4v) is 2.72. The van der Waals surface area contributed by atoms with E-state index in [1.54, 1.807) is 6.26 Å². The Labute approximate surface area is 122 Å². The van der Waals surface area contributed by atoms with Gasteiger partial charge >= 0.3 is 0 Å². The Morgan fingerprint density at radius 3 is 2.95 bits per heavy atom. The van der Waals surface area contributed by atoms with E-state index in [1.807, 2.05) is 12.1 Å². The van der Waals surface area contributed by atoms with Crippen LogP contribution in [0.5, 0.6) is 0 Å². The molecule has 0 spiro atoms. The van der Waals surface area contributed by atoms with Gasteiger partial charge in [-0.05, 0) is 38.9 Å². The molecule has 1 aliphatic heterocycles. The first-order valence-corrected chi connectivity index (χ1v) is 7.82. The molecule has 2 heterocycles. The van der Waals surface area contributed by atoms with Crippen LogP contribution in [0.3, 0.4) is 0 Å². The first kappa shape index (κ1) is 15.5. The summed E-state index contributed by atoms with van der Waals surface area (Å²) in [5.74, 6) is 1.03. The van der Waals surface area contributed by atoms with Crippen LogP contribution in [-0.4, -0.2) is 49.3 Å². The van der Waals surface area contributed by atoms with Crippen molar-refractivity contribution in [3.05, 3.63) is 24.2 Å². The average molecular weight is 280 g/mol. The molecule has 1 N–H and O–H groups in total. The lowest BCUT2D eigenvalue weighted by atomic mass is 10.0. The smallest absolute Gasteiger partial charge is 0.105 e. The van der Waals surface area contributed by atoms with Gasteiger partial charge in [-0.15, -0.1) is 0 Å². The van der Waals surface area contributed by atoms with Gasteiger partial charge in [0.05, 0.1) is 19.0 Å². The van der Waals surface area contributed by atoms with Gasteiger partial charge in [0.2, 0.25) is 0 Å². The van der Waals surface area contributed by atoms with Crippen LogP contribution in [0.2, 0.25) is 0 Å². The molecule has 2 rings (SSSR count). The normalized spacial score (nSPS) is 22.3. The summed E-state index contributed by atoms with van der Waals surface area (Å²) in [5, 5.41) is 3.63. The third kappa shape index (κ3) is 4.33.